The van der Waals surface area contributed by atoms with Gasteiger partial charge in [0.25, 0.3) is 0 Å². The second-order valence-corrected chi connectivity index (χ2v) is 9.17. The third-order valence-electron chi connectivity index (χ3n) is 5.72. The van der Waals surface area contributed by atoms with Crippen molar-refractivity contribution in [3.63, 3.8) is 0 Å². The van der Waals surface area contributed by atoms with Gasteiger partial charge in [0.15, 0.2) is 5.78 Å². The standard InChI is InChI=1S/C23H22ClN5O2/c1-23(2)11-18-20(19(30)12-23)21(29-22(25-18)26-27-28-29)14-7-5-8-16(10-14)31-13-15-6-3-4-9-17(15)24/h3-10,21H,11-13H2,1-2H3,(H,25,26,28). The van der Waals surface area contributed by atoms with Crippen LogP contribution in [0.5, 0.6) is 5.75 Å². The Morgan fingerprint density at radius 2 is 2.03 bits per heavy atom. The number of allylic oxidation sites excluding steroid dienone is 2. The number of anilines is 1. The van der Waals surface area contributed by atoms with Crippen molar-refractivity contribution in [2.24, 2.45) is 5.41 Å². The Morgan fingerprint density at radius 1 is 1.19 bits per heavy atom. The highest BCUT2D eigenvalue weighted by atomic mass is 35.5. The van der Waals surface area contributed by atoms with Gasteiger partial charge in [-0.2, -0.15) is 4.68 Å². The van der Waals surface area contributed by atoms with Gasteiger partial charge in [-0.05, 0) is 46.0 Å². The first-order chi connectivity index (χ1) is 14.9. The van der Waals surface area contributed by atoms with Crippen LogP contribution < -0.4 is 10.1 Å². The molecule has 1 aromatic heterocycles. The predicted octanol–water partition coefficient (Wildman–Crippen LogP) is 4.56. The minimum Gasteiger partial charge on any atom is -0.489 e. The van der Waals surface area contributed by atoms with Gasteiger partial charge < -0.3 is 10.1 Å². The highest BCUT2D eigenvalue weighted by molar-refractivity contribution is 6.31. The topological polar surface area (TPSA) is 81.9 Å². The SMILES string of the molecule is CC1(C)CC(=O)C2=C(C1)Nc1nnnn1C2c1cccc(OCc2ccccc2Cl)c1. The number of nitrogens with one attached hydrogen (secondary N) is 1. The van der Waals surface area contributed by atoms with E-state index in [1.165, 1.54) is 0 Å². The first-order valence-corrected chi connectivity index (χ1v) is 10.6. The van der Waals surface area contributed by atoms with E-state index in [4.69, 9.17) is 16.3 Å². The summed E-state index contributed by atoms with van der Waals surface area (Å²) in [6.45, 7) is 4.56. The first-order valence-electron chi connectivity index (χ1n) is 10.2. The van der Waals surface area contributed by atoms with E-state index in [1.54, 1.807) is 4.68 Å². The molecule has 0 spiro atoms. The number of carbonyl (C=O) groups is 1. The van der Waals surface area contributed by atoms with Crippen LogP contribution >= 0.6 is 11.6 Å². The van der Waals surface area contributed by atoms with Crippen LogP contribution in [0.1, 0.15) is 43.9 Å². The van der Waals surface area contributed by atoms with Crippen LogP contribution in [0.2, 0.25) is 5.02 Å². The van der Waals surface area contributed by atoms with E-state index in [0.29, 0.717) is 29.7 Å². The predicted molar refractivity (Wildman–Crippen MR) is 117 cm³/mol. The fourth-order valence-electron chi connectivity index (χ4n) is 4.33. The molecule has 2 aromatic carbocycles. The Balaban J connectivity index is 1.50. The summed E-state index contributed by atoms with van der Waals surface area (Å²) in [7, 11) is 0. The highest BCUT2D eigenvalue weighted by Gasteiger charge is 2.41. The summed E-state index contributed by atoms with van der Waals surface area (Å²) in [6.07, 6.45) is 1.25. The summed E-state index contributed by atoms with van der Waals surface area (Å²) < 4.78 is 7.68. The third-order valence-corrected chi connectivity index (χ3v) is 6.09. The number of fused-ring (bicyclic) bond motifs is 1. The van der Waals surface area contributed by atoms with Gasteiger partial charge in [-0.15, -0.1) is 0 Å². The smallest absolute Gasteiger partial charge is 0.248 e. The molecule has 5 rings (SSSR count). The lowest BCUT2D eigenvalue weighted by molar-refractivity contribution is -0.118. The lowest BCUT2D eigenvalue weighted by atomic mass is 9.73. The fraction of sp³-hybridized carbons (Fsp3) is 0.304. The molecule has 7 nitrogen and oxygen atoms in total. The number of aromatic nitrogens is 4. The molecule has 158 valence electrons. The maximum Gasteiger partial charge on any atom is 0.248 e. The number of hydrogen-bond donors (Lipinski definition) is 1. The van der Waals surface area contributed by atoms with E-state index in [2.05, 4.69) is 34.7 Å². The van der Waals surface area contributed by atoms with E-state index < -0.39 is 6.04 Å². The average Bonchev–Trinajstić information content (AvgIpc) is 3.19. The molecule has 0 amide bonds. The second-order valence-electron chi connectivity index (χ2n) is 8.76. The molecule has 1 aliphatic carbocycles. The van der Waals surface area contributed by atoms with Gasteiger partial charge >= 0.3 is 0 Å². The lowest BCUT2D eigenvalue weighted by Crippen LogP contribution is -2.36. The molecule has 0 radical (unpaired) electrons. The maximum atomic E-state index is 13.2. The normalized spacial score (nSPS) is 19.5. The van der Waals surface area contributed by atoms with Crippen molar-refractivity contribution in [3.8, 4) is 5.75 Å². The van der Waals surface area contributed by atoms with E-state index in [0.717, 1.165) is 28.8 Å². The van der Waals surface area contributed by atoms with Gasteiger partial charge in [0.1, 0.15) is 18.4 Å². The van der Waals surface area contributed by atoms with E-state index in [1.807, 2.05) is 48.5 Å². The Kier molecular flexibility index (Phi) is 4.78. The molecule has 8 heteroatoms. The molecule has 0 saturated heterocycles. The second kappa shape index (κ2) is 7.50. The van der Waals surface area contributed by atoms with Crippen LogP contribution in [0, 0.1) is 5.41 Å². The number of ketones is 1. The molecule has 3 aromatic rings. The van der Waals surface area contributed by atoms with Gasteiger partial charge in [0.05, 0.1) is 0 Å². The van der Waals surface area contributed by atoms with E-state index in [9.17, 15) is 4.79 Å². The molecule has 31 heavy (non-hydrogen) atoms. The number of benzene rings is 2. The molecule has 1 atom stereocenters. The number of halogens is 1. The molecule has 0 saturated carbocycles. The zero-order chi connectivity index (χ0) is 21.6. The number of hydrogen-bond acceptors (Lipinski definition) is 6. The van der Waals surface area contributed by atoms with Crippen LogP contribution in [0.15, 0.2) is 59.8 Å². The molecular weight excluding hydrogens is 414 g/mol. The molecule has 2 aliphatic rings. The summed E-state index contributed by atoms with van der Waals surface area (Å²) in [5.41, 5.74) is 3.32. The van der Waals surface area contributed by atoms with Gasteiger partial charge in [-0.1, -0.05) is 60.9 Å². The van der Waals surface area contributed by atoms with Crippen molar-refractivity contribution in [2.45, 2.75) is 39.3 Å². The zero-order valence-corrected chi connectivity index (χ0v) is 18.1. The lowest BCUT2D eigenvalue weighted by Gasteiger charge is -2.37. The zero-order valence-electron chi connectivity index (χ0n) is 17.3. The number of nitrogens with zero attached hydrogens (tertiary/aromatic N) is 4. The Labute approximate surface area is 185 Å². The monoisotopic (exact) mass is 435 g/mol. The van der Waals surface area contributed by atoms with Crippen LogP contribution in [0.4, 0.5) is 5.95 Å². The summed E-state index contributed by atoms with van der Waals surface area (Å²) >= 11 is 6.25. The maximum absolute atomic E-state index is 13.2. The van der Waals surface area contributed by atoms with Crippen molar-refractivity contribution in [2.75, 3.05) is 5.32 Å². The Morgan fingerprint density at radius 3 is 2.87 bits per heavy atom. The first kappa shape index (κ1) is 19.8. The van der Waals surface area contributed by atoms with Crippen LogP contribution in [-0.2, 0) is 11.4 Å². The Hall–Kier alpha value is -3.19. The number of carbonyl (C=O) groups excluding carboxylic acids is 1. The van der Waals surface area contributed by atoms with Gasteiger partial charge in [-0.25, -0.2) is 0 Å². The van der Waals surface area contributed by atoms with Crippen molar-refractivity contribution >= 4 is 23.3 Å². The van der Waals surface area contributed by atoms with Gasteiger partial charge in [0, 0.05) is 28.3 Å². The largest absolute Gasteiger partial charge is 0.489 e. The molecule has 0 fully saturated rings. The van der Waals surface area contributed by atoms with Gasteiger partial charge in [0.2, 0.25) is 5.95 Å². The quantitative estimate of drug-likeness (QED) is 0.646. The van der Waals surface area contributed by atoms with Gasteiger partial charge in [-0.3, -0.25) is 4.79 Å². The van der Waals surface area contributed by atoms with Crippen molar-refractivity contribution in [3.05, 3.63) is 76.0 Å². The molecule has 1 unspecified atom stereocenters. The van der Waals surface area contributed by atoms with Crippen LogP contribution in [0.3, 0.4) is 0 Å². The van der Waals surface area contributed by atoms with Crippen molar-refractivity contribution in [1.29, 1.82) is 0 Å². The molecule has 2 heterocycles. The van der Waals surface area contributed by atoms with Crippen molar-refractivity contribution < 1.29 is 9.53 Å². The summed E-state index contributed by atoms with van der Waals surface area (Å²) in [5.74, 6) is 1.35. The highest BCUT2D eigenvalue weighted by Crippen LogP contribution is 2.45. The minimum absolute atomic E-state index is 0.108. The number of ether oxygens (including phenoxy) is 1. The third kappa shape index (κ3) is 3.70. The minimum atomic E-state index is -0.395. The van der Waals surface area contributed by atoms with Crippen molar-refractivity contribution in [1.82, 2.24) is 20.2 Å². The Bertz CT molecular complexity index is 1200. The average molecular weight is 436 g/mol. The number of rotatable bonds is 4. The van der Waals surface area contributed by atoms with Crippen LogP contribution in [0.25, 0.3) is 0 Å². The molecular formula is C23H22ClN5O2. The van der Waals surface area contributed by atoms with E-state index >= 15 is 0 Å². The molecule has 1 N–H and O–H groups in total. The van der Waals surface area contributed by atoms with E-state index in [-0.39, 0.29) is 11.2 Å². The number of tetrazole rings is 1. The number of Topliss-reactive ketones (excluding diaryl/α,β-unsaturated/α-hetero) is 1. The molecule has 1 aliphatic heterocycles. The summed E-state index contributed by atoms with van der Waals surface area (Å²) in [4.78, 5) is 13.2. The fourth-order valence-corrected chi connectivity index (χ4v) is 4.52. The molecule has 0 bridgehead atoms. The van der Waals surface area contributed by atoms with Crippen LogP contribution in [-0.4, -0.2) is 26.0 Å². The summed E-state index contributed by atoms with van der Waals surface area (Å²) in [6, 6.07) is 14.9. The summed E-state index contributed by atoms with van der Waals surface area (Å²) in [5, 5.41) is 16.0.